The van der Waals surface area contributed by atoms with Crippen molar-refractivity contribution in [3.8, 4) is 5.75 Å². The third-order valence-electron chi connectivity index (χ3n) is 2.61. The maximum atomic E-state index is 10.7. The fourth-order valence-electron chi connectivity index (χ4n) is 1.58. The summed E-state index contributed by atoms with van der Waals surface area (Å²) in [5.41, 5.74) is 0.272. The molecular weight excluding hydrogens is 244 g/mol. The zero-order valence-corrected chi connectivity index (χ0v) is 11.6. The first-order valence-electron chi connectivity index (χ1n) is 6.41. The lowest BCUT2D eigenvalue weighted by Crippen LogP contribution is -2.25. The Morgan fingerprint density at radius 3 is 2.53 bits per heavy atom. The Labute approximate surface area is 114 Å². The van der Waals surface area contributed by atoms with Crippen molar-refractivity contribution in [2.24, 2.45) is 0 Å². The molecular formula is C14H22N2O3. The highest BCUT2D eigenvalue weighted by molar-refractivity contribution is 5.87. The third kappa shape index (κ3) is 6.79. The summed E-state index contributed by atoms with van der Waals surface area (Å²) in [6, 6.07) is 6.44. The van der Waals surface area contributed by atoms with Crippen LogP contribution in [0.4, 0.5) is 0 Å². The normalized spacial score (nSPS) is 10.7. The molecule has 0 fully saturated rings. The summed E-state index contributed by atoms with van der Waals surface area (Å²) in [6.07, 6.45) is 1.11. The highest BCUT2D eigenvalue weighted by Crippen LogP contribution is 2.11. The molecule has 0 atom stereocenters. The van der Waals surface area contributed by atoms with E-state index in [0.717, 1.165) is 26.1 Å². The van der Waals surface area contributed by atoms with E-state index in [4.69, 9.17) is 9.84 Å². The van der Waals surface area contributed by atoms with Crippen LogP contribution in [0.25, 0.3) is 0 Å². The van der Waals surface area contributed by atoms with Crippen molar-refractivity contribution >= 4 is 5.97 Å². The zero-order valence-electron chi connectivity index (χ0n) is 11.6. The molecule has 0 unspecified atom stereocenters. The van der Waals surface area contributed by atoms with Gasteiger partial charge in [-0.2, -0.15) is 0 Å². The molecule has 1 rings (SSSR count). The number of ether oxygens (including phenoxy) is 1. The summed E-state index contributed by atoms with van der Waals surface area (Å²) in [6.45, 7) is 3.41. The van der Waals surface area contributed by atoms with Crippen LogP contribution in [0.5, 0.6) is 5.75 Å². The van der Waals surface area contributed by atoms with Crippen LogP contribution in [0, 0.1) is 0 Å². The van der Waals surface area contributed by atoms with Gasteiger partial charge in [0.2, 0.25) is 0 Å². The van der Waals surface area contributed by atoms with Gasteiger partial charge in [-0.05, 0) is 57.9 Å². The van der Waals surface area contributed by atoms with Crippen molar-refractivity contribution in [3.63, 3.8) is 0 Å². The van der Waals surface area contributed by atoms with Gasteiger partial charge in [-0.3, -0.25) is 0 Å². The van der Waals surface area contributed by atoms with E-state index in [2.05, 4.69) is 24.3 Å². The number of hydrogen-bond donors (Lipinski definition) is 2. The molecule has 0 heterocycles. The van der Waals surface area contributed by atoms with Gasteiger partial charge in [-0.1, -0.05) is 0 Å². The molecule has 0 aromatic heterocycles. The van der Waals surface area contributed by atoms with Crippen LogP contribution in [0.3, 0.4) is 0 Å². The number of rotatable bonds is 9. The van der Waals surface area contributed by atoms with Crippen LogP contribution >= 0.6 is 0 Å². The molecule has 0 radical (unpaired) electrons. The SMILES string of the molecule is CN(C)CCCNCCOc1ccc(C(=O)O)cc1. The smallest absolute Gasteiger partial charge is 0.335 e. The van der Waals surface area contributed by atoms with E-state index in [9.17, 15) is 4.79 Å². The minimum absolute atomic E-state index is 0.272. The minimum atomic E-state index is -0.922. The van der Waals surface area contributed by atoms with E-state index in [1.807, 2.05) is 0 Å². The standard InChI is InChI=1S/C14H22N2O3/c1-16(2)10-3-8-15-9-11-19-13-6-4-12(5-7-13)14(17)18/h4-7,15H,3,8-11H2,1-2H3,(H,17,18). The molecule has 0 aliphatic rings. The Balaban J connectivity index is 2.11. The lowest BCUT2D eigenvalue weighted by molar-refractivity contribution is 0.0697. The average Bonchev–Trinajstić information content (AvgIpc) is 2.38. The lowest BCUT2D eigenvalue weighted by atomic mass is 10.2. The van der Waals surface area contributed by atoms with Crippen LogP contribution in [-0.2, 0) is 0 Å². The zero-order chi connectivity index (χ0) is 14.1. The number of benzene rings is 1. The van der Waals surface area contributed by atoms with Gasteiger partial charge in [0.05, 0.1) is 5.56 Å². The monoisotopic (exact) mass is 266 g/mol. The fraction of sp³-hybridized carbons (Fsp3) is 0.500. The number of nitrogens with zero attached hydrogens (tertiary/aromatic N) is 1. The number of hydrogen-bond acceptors (Lipinski definition) is 4. The molecule has 0 aliphatic heterocycles. The first-order chi connectivity index (χ1) is 9.09. The van der Waals surface area contributed by atoms with Crippen LogP contribution < -0.4 is 10.1 Å². The van der Waals surface area contributed by atoms with Crippen molar-refractivity contribution in [2.75, 3.05) is 40.3 Å². The maximum Gasteiger partial charge on any atom is 0.335 e. The van der Waals surface area contributed by atoms with Crippen molar-refractivity contribution < 1.29 is 14.6 Å². The molecule has 5 heteroatoms. The maximum absolute atomic E-state index is 10.7. The van der Waals surface area contributed by atoms with E-state index in [0.29, 0.717) is 12.4 Å². The highest BCUT2D eigenvalue weighted by Gasteiger charge is 2.01. The lowest BCUT2D eigenvalue weighted by Gasteiger charge is -2.10. The minimum Gasteiger partial charge on any atom is -0.492 e. The van der Waals surface area contributed by atoms with Crippen LogP contribution in [0.2, 0.25) is 0 Å². The van der Waals surface area contributed by atoms with Crippen molar-refractivity contribution in [3.05, 3.63) is 29.8 Å². The second-order valence-electron chi connectivity index (χ2n) is 4.58. The molecule has 2 N–H and O–H groups in total. The van der Waals surface area contributed by atoms with Gasteiger partial charge in [0.15, 0.2) is 0 Å². The summed E-state index contributed by atoms with van der Waals surface area (Å²) in [5, 5.41) is 12.1. The second kappa shape index (κ2) is 8.50. The van der Waals surface area contributed by atoms with Crippen molar-refractivity contribution in [1.82, 2.24) is 10.2 Å². The predicted octanol–water partition coefficient (Wildman–Crippen LogP) is 1.30. The topological polar surface area (TPSA) is 61.8 Å². The third-order valence-corrected chi connectivity index (χ3v) is 2.61. The predicted molar refractivity (Wildman–Crippen MR) is 74.9 cm³/mol. The fourth-order valence-corrected chi connectivity index (χ4v) is 1.58. The molecule has 5 nitrogen and oxygen atoms in total. The summed E-state index contributed by atoms with van der Waals surface area (Å²) < 4.78 is 5.50. The molecule has 0 amide bonds. The van der Waals surface area contributed by atoms with E-state index in [1.54, 1.807) is 24.3 Å². The van der Waals surface area contributed by atoms with E-state index < -0.39 is 5.97 Å². The van der Waals surface area contributed by atoms with Gasteiger partial charge >= 0.3 is 5.97 Å². The van der Waals surface area contributed by atoms with Gasteiger partial charge in [0.1, 0.15) is 12.4 Å². The molecule has 1 aromatic rings. The van der Waals surface area contributed by atoms with E-state index in [-0.39, 0.29) is 5.56 Å². The largest absolute Gasteiger partial charge is 0.492 e. The Morgan fingerprint density at radius 2 is 1.95 bits per heavy atom. The van der Waals surface area contributed by atoms with E-state index in [1.165, 1.54) is 0 Å². The van der Waals surface area contributed by atoms with E-state index >= 15 is 0 Å². The van der Waals surface area contributed by atoms with Crippen LogP contribution in [0.1, 0.15) is 16.8 Å². The van der Waals surface area contributed by atoms with Gasteiger partial charge < -0.3 is 20.1 Å². The van der Waals surface area contributed by atoms with Crippen LogP contribution in [-0.4, -0.2) is 56.3 Å². The van der Waals surface area contributed by atoms with Crippen LogP contribution in [0.15, 0.2) is 24.3 Å². The highest BCUT2D eigenvalue weighted by atomic mass is 16.5. The molecule has 0 saturated carbocycles. The summed E-state index contributed by atoms with van der Waals surface area (Å²) in [5.74, 6) is -0.228. The first-order valence-corrected chi connectivity index (χ1v) is 6.41. The summed E-state index contributed by atoms with van der Waals surface area (Å²) in [7, 11) is 4.12. The molecule has 0 aliphatic carbocycles. The quantitative estimate of drug-likeness (QED) is 0.660. The number of carboxylic acids is 1. The number of aromatic carboxylic acids is 1. The second-order valence-corrected chi connectivity index (χ2v) is 4.58. The van der Waals surface area contributed by atoms with Crippen molar-refractivity contribution in [1.29, 1.82) is 0 Å². The summed E-state index contributed by atoms with van der Waals surface area (Å²) >= 11 is 0. The summed E-state index contributed by atoms with van der Waals surface area (Å²) in [4.78, 5) is 12.8. The van der Waals surface area contributed by atoms with Crippen molar-refractivity contribution in [2.45, 2.75) is 6.42 Å². The Morgan fingerprint density at radius 1 is 1.26 bits per heavy atom. The number of nitrogens with one attached hydrogen (secondary N) is 1. The molecule has 0 saturated heterocycles. The molecule has 0 bridgehead atoms. The number of carboxylic acid groups (broad SMARTS) is 1. The Bertz CT molecular complexity index is 377. The van der Waals surface area contributed by atoms with Gasteiger partial charge in [-0.25, -0.2) is 4.79 Å². The van der Waals surface area contributed by atoms with Gasteiger partial charge in [0, 0.05) is 6.54 Å². The molecule has 0 spiro atoms. The average molecular weight is 266 g/mol. The van der Waals surface area contributed by atoms with Gasteiger partial charge in [0.25, 0.3) is 0 Å². The number of carbonyl (C=O) groups is 1. The molecule has 19 heavy (non-hydrogen) atoms. The Hall–Kier alpha value is -1.59. The first kappa shape index (κ1) is 15.5. The van der Waals surface area contributed by atoms with Gasteiger partial charge in [-0.15, -0.1) is 0 Å². The Kier molecular flexibility index (Phi) is 6.92. The molecule has 106 valence electrons. The molecule has 1 aromatic carbocycles.